The number of hydrogen-bond donors (Lipinski definition) is 2. The van der Waals surface area contributed by atoms with Crippen molar-refractivity contribution < 1.29 is 33.3 Å². The molecule has 2 N–H and O–H groups in total. The first-order valence-corrected chi connectivity index (χ1v) is 9.34. The second-order valence-corrected chi connectivity index (χ2v) is 6.27. The maximum absolute atomic E-state index is 12.0. The molecule has 0 saturated carbocycles. The quantitative estimate of drug-likeness (QED) is 0.315. The number of hydrogen-bond acceptors (Lipinski definition) is 7. The van der Waals surface area contributed by atoms with Crippen molar-refractivity contribution in [3.63, 3.8) is 0 Å². The number of carbonyl (C=O) groups is 3. The van der Waals surface area contributed by atoms with Gasteiger partial charge in [0.05, 0.1) is 6.61 Å². The highest BCUT2D eigenvalue weighted by Gasteiger charge is 2.41. The molecule has 2 amide bonds. The molecule has 30 heavy (non-hydrogen) atoms. The van der Waals surface area contributed by atoms with Crippen molar-refractivity contribution in [1.82, 2.24) is 10.6 Å². The van der Waals surface area contributed by atoms with Crippen LogP contribution in [0.2, 0.25) is 0 Å². The molecule has 1 aliphatic heterocycles. The molecule has 3 rings (SSSR count). The van der Waals surface area contributed by atoms with Crippen molar-refractivity contribution in [1.29, 1.82) is 0 Å². The Morgan fingerprint density at radius 1 is 0.867 bits per heavy atom. The minimum absolute atomic E-state index is 0.0128. The third kappa shape index (κ3) is 6.49. The highest BCUT2D eigenvalue weighted by molar-refractivity contribution is 5.93. The summed E-state index contributed by atoms with van der Waals surface area (Å²) in [6.07, 6.45) is -0.697. The van der Waals surface area contributed by atoms with E-state index in [0.717, 1.165) is 0 Å². The van der Waals surface area contributed by atoms with Crippen LogP contribution in [0.25, 0.3) is 0 Å². The van der Waals surface area contributed by atoms with E-state index in [9.17, 15) is 14.4 Å². The monoisotopic (exact) mass is 414 g/mol. The van der Waals surface area contributed by atoms with Gasteiger partial charge in [-0.1, -0.05) is 36.4 Å². The Morgan fingerprint density at radius 3 is 2.07 bits per heavy atom. The Kier molecular flexibility index (Phi) is 7.62. The fraction of sp³-hybridized carbons (Fsp3) is 0.286. The van der Waals surface area contributed by atoms with Crippen LogP contribution in [0.3, 0.4) is 0 Å². The van der Waals surface area contributed by atoms with E-state index < -0.39 is 24.1 Å². The highest BCUT2D eigenvalue weighted by Crippen LogP contribution is 2.10. The zero-order valence-electron chi connectivity index (χ0n) is 16.1. The first kappa shape index (κ1) is 21.1. The van der Waals surface area contributed by atoms with Crippen LogP contribution in [0.1, 0.15) is 0 Å². The molecule has 2 atom stereocenters. The van der Waals surface area contributed by atoms with E-state index in [1.807, 2.05) is 12.1 Å². The molecule has 0 spiro atoms. The van der Waals surface area contributed by atoms with Crippen molar-refractivity contribution in [3.8, 4) is 11.5 Å². The SMILES string of the molecule is O=C(COc1ccccc1)N[C@H]1C(=O)N[C@H]1OCCOC(=O)COc1ccccc1. The number of ether oxygens (including phenoxy) is 4. The molecular weight excluding hydrogens is 392 g/mol. The molecule has 1 saturated heterocycles. The van der Waals surface area contributed by atoms with Crippen molar-refractivity contribution >= 4 is 17.8 Å². The van der Waals surface area contributed by atoms with Gasteiger partial charge in [0.25, 0.3) is 5.91 Å². The second kappa shape index (κ2) is 10.8. The predicted octanol–water partition coefficient (Wildman–Crippen LogP) is 0.645. The van der Waals surface area contributed by atoms with E-state index in [4.69, 9.17) is 18.9 Å². The van der Waals surface area contributed by atoms with Crippen LogP contribution in [-0.4, -0.2) is 56.5 Å². The van der Waals surface area contributed by atoms with Gasteiger partial charge >= 0.3 is 5.97 Å². The third-order valence-electron chi connectivity index (χ3n) is 4.04. The fourth-order valence-electron chi connectivity index (χ4n) is 2.55. The summed E-state index contributed by atoms with van der Waals surface area (Å²) >= 11 is 0. The lowest BCUT2D eigenvalue weighted by atomic mass is 10.1. The molecule has 0 aliphatic carbocycles. The zero-order valence-corrected chi connectivity index (χ0v) is 16.1. The average Bonchev–Trinajstić information content (AvgIpc) is 2.78. The number of β-lactam (4-membered cyclic amide) rings is 1. The predicted molar refractivity (Wildman–Crippen MR) is 105 cm³/mol. The highest BCUT2D eigenvalue weighted by atomic mass is 16.6. The number of esters is 1. The fourth-order valence-corrected chi connectivity index (χ4v) is 2.55. The smallest absolute Gasteiger partial charge is 0.344 e. The minimum atomic E-state index is -0.825. The lowest BCUT2D eigenvalue weighted by Crippen LogP contribution is -2.70. The minimum Gasteiger partial charge on any atom is -0.484 e. The van der Waals surface area contributed by atoms with E-state index in [1.165, 1.54) is 0 Å². The number of amides is 2. The van der Waals surface area contributed by atoms with Crippen LogP contribution in [0, 0.1) is 0 Å². The van der Waals surface area contributed by atoms with E-state index >= 15 is 0 Å². The summed E-state index contributed by atoms with van der Waals surface area (Å²) in [5, 5.41) is 5.07. The molecular formula is C21H22N2O7. The number of para-hydroxylation sites is 2. The van der Waals surface area contributed by atoms with Gasteiger partial charge in [-0.2, -0.15) is 0 Å². The number of carbonyl (C=O) groups excluding carboxylic acids is 3. The van der Waals surface area contributed by atoms with Crippen molar-refractivity contribution in [3.05, 3.63) is 60.7 Å². The van der Waals surface area contributed by atoms with E-state index in [0.29, 0.717) is 11.5 Å². The summed E-state index contributed by atoms with van der Waals surface area (Å²) in [7, 11) is 0. The van der Waals surface area contributed by atoms with Crippen LogP contribution in [0.15, 0.2) is 60.7 Å². The van der Waals surface area contributed by atoms with Gasteiger partial charge in [0, 0.05) is 0 Å². The first-order chi connectivity index (χ1) is 14.6. The average molecular weight is 414 g/mol. The van der Waals surface area contributed by atoms with Gasteiger partial charge in [0.1, 0.15) is 18.1 Å². The Hall–Kier alpha value is -3.59. The van der Waals surface area contributed by atoms with Gasteiger partial charge in [0.2, 0.25) is 5.91 Å². The maximum atomic E-state index is 12.0. The second-order valence-electron chi connectivity index (χ2n) is 6.27. The number of nitrogens with one attached hydrogen (secondary N) is 2. The normalized spacial score (nSPS) is 17.3. The van der Waals surface area contributed by atoms with Crippen molar-refractivity contribution in [2.24, 2.45) is 0 Å². The summed E-state index contributed by atoms with van der Waals surface area (Å²) < 4.78 is 21.0. The molecule has 0 radical (unpaired) electrons. The Bertz CT molecular complexity index is 845. The molecule has 2 aromatic carbocycles. The van der Waals surface area contributed by atoms with Crippen LogP contribution in [0.5, 0.6) is 11.5 Å². The van der Waals surface area contributed by atoms with Crippen molar-refractivity contribution in [2.75, 3.05) is 26.4 Å². The molecule has 1 fully saturated rings. The molecule has 158 valence electrons. The van der Waals surface area contributed by atoms with E-state index in [-0.39, 0.29) is 32.3 Å². The van der Waals surface area contributed by atoms with Gasteiger partial charge < -0.3 is 29.6 Å². The molecule has 0 unspecified atom stereocenters. The topological polar surface area (TPSA) is 112 Å². The number of rotatable bonds is 11. The summed E-state index contributed by atoms with van der Waals surface area (Å²) in [5.41, 5.74) is 0. The van der Waals surface area contributed by atoms with E-state index in [1.54, 1.807) is 48.5 Å². The maximum Gasteiger partial charge on any atom is 0.344 e. The Labute approximate surface area is 173 Å². The summed E-state index contributed by atoms with van der Waals surface area (Å²) in [5.74, 6) is -0.226. The zero-order chi connectivity index (χ0) is 21.2. The van der Waals surface area contributed by atoms with Crippen LogP contribution >= 0.6 is 0 Å². The third-order valence-corrected chi connectivity index (χ3v) is 4.04. The van der Waals surface area contributed by atoms with Crippen molar-refractivity contribution in [2.45, 2.75) is 12.3 Å². The Balaban J connectivity index is 1.29. The van der Waals surface area contributed by atoms with Gasteiger partial charge in [0.15, 0.2) is 25.5 Å². The lowest BCUT2D eigenvalue weighted by molar-refractivity contribution is -0.157. The largest absolute Gasteiger partial charge is 0.484 e. The molecule has 9 heteroatoms. The van der Waals surface area contributed by atoms with Crippen LogP contribution in [-0.2, 0) is 23.9 Å². The summed E-state index contributed by atoms with van der Waals surface area (Å²) in [6.45, 7) is -0.403. The molecule has 0 bridgehead atoms. The lowest BCUT2D eigenvalue weighted by Gasteiger charge is -2.36. The Morgan fingerprint density at radius 2 is 1.47 bits per heavy atom. The summed E-state index contributed by atoms with van der Waals surface area (Å²) in [6, 6.07) is 16.9. The molecule has 2 aromatic rings. The molecule has 1 aliphatic rings. The first-order valence-electron chi connectivity index (χ1n) is 9.34. The van der Waals surface area contributed by atoms with Gasteiger partial charge in [-0.05, 0) is 24.3 Å². The van der Waals surface area contributed by atoms with Gasteiger partial charge in [-0.3, -0.25) is 9.59 Å². The summed E-state index contributed by atoms with van der Waals surface area (Å²) in [4.78, 5) is 35.3. The van der Waals surface area contributed by atoms with Crippen LogP contribution in [0.4, 0.5) is 0 Å². The number of benzene rings is 2. The van der Waals surface area contributed by atoms with Gasteiger partial charge in [-0.25, -0.2) is 4.79 Å². The molecule has 9 nitrogen and oxygen atoms in total. The standard InChI is InChI=1S/C21H22N2O7/c24-17(13-29-15-7-3-1-4-8-15)22-19-20(26)23-21(19)28-12-11-27-18(25)14-30-16-9-5-2-6-10-16/h1-10,19,21H,11-14H2,(H,22,24)(H,23,26)/t19-,21-/m0/s1. The molecule has 0 aromatic heterocycles. The van der Waals surface area contributed by atoms with E-state index in [2.05, 4.69) is 10.6 Å². The molecule has 1 heterocycles. The van der Waals surface area contributed by atoms with Gasteiger partial charge in [-0.15, -0.1) is 0 Å². The van der Waals surface area contributed by atoms with Crippen LogP contribution < -0.4 is 20.1 Å².